The lowest BCUT2D eigenvalue weighted by Gasteiger charge is -2.18. The van der Waals surface area contributed by atoms with Crippen molar-refractivity contribution in [3.05, 3.63) is 35.9 Å². The molecule has 2 amide bonds. The number of likely N-dealkylation sites (N-methyl/N-ethyl adjacent to an activating group) is 1. The fourth-order valence-corrected chi connectivity index (χ4v) is 2.92. The van der Waals surface area contributed by atoms with Gasteiger partial charge < -0.3 is 5.32 Å². The van der Waals surface area contributed by atoms with Gasteiger partial charge in [0, 0.05) is 13.6 Å². The molecule has 0 spiro atoms. The van der Waals surface area contributed by atoms with Crippen molar-refractivity contribution in [2.24, 2.45) is 0 Å². The first-order chi connectivity index (χ1) is 9.79. The third-order valence-electron chi connectivity index (χ3n) is 3.00. The summed E-state index contributed by atoms with van der Waals surface area (Å²) in [6.45, 7) is -0.0286. The van der Waals surface area contributed by atoms with E-state index in [0.29, 0.717) is 0 Å². The van der Waals surface area contributed by atoms with Crippen molar-refractivity contribution in [2.45, 2.75) is 12.5 Å². The highest BCUT2D eigenvalue weighted by atomic mass is 32.2. The molecule has 2 N–H and O–H groups in total. The Kier molecular flexibility index (Phi) is 4.26. The molecule has 1 aromatic carbocycles. The van der Waals surface area contributed by atoms with E-state index in [0.717, 1.165) is 10.6 Å². The fourth-order valence-electron chi connectivity index (χ4n) is 2.14. The molecule has 1 aromatic rings. The van der Waals surface area contributed by atoms with Crippen molar-refractivity contribution >= 4 is 22.1 Å². The number of rotatable bonds is 4. The molecule has 2 rings (SSSR count). The van der Waals surface area contributed by atoms with Gasteiger partial charge in [-0.3, -0.25) is 14.1 Å². The monoisotopic (exact) mass is 313 g/mol. The molecule has 1 aliphatic rings. The zero-order chi connectivity index (χ0) is 15.6. The topological polar surface area (TPSA) is 107 Å². The summed E-state index contributed by atoms with van der Waals surface area (Å²) in [5.41, 5.74) is 0.778. The van der Waals surface area contributed by atoms with E-state index in [-0.39, 0.29) is 17.4 Å². The number of hydrogen-bond acceptors (Lipinski definition) is 5. The third kappa shape index (κ3) is 3.57. The molecule has 21 heavy (non-hydrogen) atoms. The first kappa shape index (κ1) is 15.4. The van der Waals surface area contributed by atoms with Crippen molar-refractivity contribution in [3.63, 3.8) is 0 Å². The molecule has 0 aromatic heterocycles. The van der Waals surface area contributed by atoms with Crippen LogP contribution in [-0.4, -0.2) is 53.8 Å². The van der Waals surface area contributed by atoms with Crippen LogP contribution in [0, 0.1) is 0 Å². The molecule has 1 aliphatic heterocycles. The van der Waals surface area contributed by atoms with Crippen molar-refractivity contribution in [1.29, 1.82) is 0 Å². The smallest absolute Gasteiger partial charge is 0.343 e. The highest BCUT2D eigenvalue weighted by molar-refractivity contribution is 7.83. The second-order valence-corrected chi connectivity index (χ2v) is 5.92. The Morgan fingerprint density at radius 1 is 1.38 bits per heavy atom. The van der Waals surface area contributed by atoms with Crippen LogP contribution in [0.2, 0.25) is 0 Å². The van der Waals surface area contributed by atoms with Crippen LogP contribution in [0.5, 0.6) is 0 Å². The van der Waals surface area contributed by atoms with Gasteiger partial charge in [0.2, 0.25) is 5.91 Å². The minimum absolute atomic E-state index is 0.0286. The molecule has 114 valence electrons. The van der Waals surface area contributed by atoms with E-state index in [2.05, 4.69) is 5.32 Å². The number of nitrogens with one attached hydrogen (secondary N) is 1. The fraction of sp³-hybridized carbons (Fsp3) is 0.333. The van der Waals surface area contributed by atoms with Crippen molar-refractivity contribution in [1.82, 2.24) is 14.7 Å². The maximum atomic E-state index is 11.9. The van der Waals surface area contributed by atoms with Crippen LogP contribution >= 0.6 is 0 Å². The number of hydrogen-bond donors (Lipinski definition) is 2. The molecule has 0 aliphatic carbocycles. The maximum Gasteiger partial charge on any atom is 0.376 e. The normalized spacial score (nSPS) is 19.8. The van der Waals surface area contributed by atoms with E-state index in [1.807, 2.05) is 6.07 Å². The molecule has 1 saturated heterocycles. The Balaban J connectivity index is 2.01. The summed E-state index contributed by atoms with van der Waals surface area (Å²) in [4.78, 5) is 23.7. The highest BCUT2D eigenvalue weighted by Gasteiger charge is 2.43. The van der Waals surface area contributed by atoms with E-state index in [9.17, 15) is 18.0 Å². The largest absolute Gasteiger partial charge is 0.376 e. The Bertz CT molecular complexity index is 646. The lowest BCUT2D eigenvalue weighted by Crippen LogP contribution is -2.45. The maximum absolute atomic E-state index is 11.9. The van der Waals surface area contributed by atoms with Crippen LogP contribution in [0.15, 0.2) is 30.3 Å². The zero-order valence-electron chi connectivity index (χ0n) is 11.3. The molecular formula is C12H15N3O5S. The average Bonchev–Trinajstić information content (AvgIpc) is 2.64. The lowest BCUT2D eigenvalue weighted by molar-refractivity contribution is -0.132. The van der Waals surface area contributed by atoms with E-state index < -0.39 is 28.2 Å². The van der Waals surface area contributed by atoms with Gasteiger partial charge in [-0.05, 0) is 5.56 Å². The van der Waals surface area contributed by atoms with Crippen molar-refractivity contribution in [2.75, 3.05) is 13.6 Å². The Morgan fingerprint density at radius 3 is 2.52 bits per heavy atom. The Labute approximate surface area is 122 Å². The summed E-state index contributed by atoms with van der Waals surface area (Å²) in [6.07, 6.45) is 0.0835. The van der Waals surface area contributed by atoms with E-state index in [1.165, 1.54) is 7.05 Å². The molecule has 8 nitrogen and oxygen atoms in total. The molecule has 0 bridgehead atoms. The summed E-state index contributed by atoms with van der Waals surface area (Å²) >= 11 is 0. The molecule has 0 radical (unpaired) electrons. The molecule has 1 unspecified atom stereocenters. The quantitative estimate of drug-likeness (QED) is 0.705. The van der Waals surface area contributed by atoms with Crippen LogP contribution < -0.4 is 5.32 Å². The Hall–Kier alpha value is -1.97. The molecule has 9 heteroatoms. The minimum atomic E-state index is -4.67. The van der Waals surface area contributed by atoms with Gasteiger partial charge in [-0.2, -0.15) is 8.42 Å². The number of benzene rings is 1. The number of carbonyl (C=O) groups is 2. The summed E-state index contributed by atoms with van der Waals surface area (Å²) in [7, 11) is -3.34. The highest BCUT2D eigenvalue weighted by Crippen LogP contribution is 2.14. The van der Waals surface area contributed by atoms with Gasteiger partial charge in [0.1, 0.15) is 6.04 Å². The molecule has 1 heterocycles. The summed E-state index contributed by atoms with van der Waals surface area (Å²) < 4.78 is 31.4. The van der Waals surface area contributed by atoms with E-state index >= 15 is 0 Å². The summed E-state index contributed by atoms with van der Waals surface area (Å²) in [6, 6.07) is 7.93. The average molecular weight is 313 g/mol. The first-order valence-electron chi connectivity index (χ1n) is 6.15. The van der Waals surface area contributed by atoms with Gasteiger partial charge in [-0.15, -0.1) is 4.41 Å². The third-order valence-corrected chi connectivity index (χ3v) is 3.90. The predicted molar refractivity (Wildman–Crippen MR) is 73.1 cm³/mol. The van der Waals surface area contributed by atoms with Crippen molar-refractivity contribution < 1.29 is 22.6 Å². The van der Waals surface area contributed by atoms with Crippen LogP contribution in [0.25, 0.3) is 0 Å². The molecule has 0 saturated carbocycles. The van der Waals surface area contributed by atoms with Crippen LogP contribution in [0.4, 0.5) is 0 Å². The second kappa shape index (κ2) is 5.80. The minimum Gasteiger partial charge on any atom is -0.343 e. The molecule has 1 atom stereocenters. The number of nitrogens with zero attached hydrogens (tertiary/aromatic N) is 2. The zero-order valence-corrected chi connectivity index (χ0v) is 12.1. The standard InChI is InChI=1S/C12H15N3O5S/c1-14-8-10(12(17)15(14)21(18,19)20)13-11(16)7-9-5-3-2-4-6-9/h2-6,10H,7-8H2,1H3,(H,13,16)(H,18,19,20). The SMILES string of the molecule is CN1CC(NC(=O)Cc2ccccc2)C(=O)N1S(=O)(=O)O. The summed E-state index contributed by atoms with van der Waals surface area (Å²) in [5, 5.41) is 3.50. The second-order valence-electron chi connectivity index (χ2n) is 4.68. The lowest BCUT2D eigenvalue weighted by atomic mass is 10.1. The molecular weight excluding hydrogens is 298 g/mol. The van der Waals surface area contributed by atoms with Crippen LogP contribution in [0.3, 0.4) is 0 Å². The summed E-state index contributed by atoms with van der Waals surface area (Å²) in [5.74, 6) is -1.29. The number of carbonyl (C=O) groups excluding carboxylic acids is 2. The van der Waals surface area contributed by atoms with Gasteiger partial charge in [0.25, 0.3) is 5.91 Å². The van der Waals surface area contributed by atoms with E-state index in [4.69, 9.17) is 4.55 Å². The van der Waals surface area contributed by atoms with Gasteiger partial charge in [0.15, 0.2) is 0 Å². The van der Waals surface area contributed by atoms with Gasteiger partial charge in [-0.1, -0.05) is 30.3 Å². The van der Waals surface area contributed by atoms with Crippen molar-refractivity contribution in [3.8, 4) is 0 Å². The van der Waals surface area contributed by atoms with Gasteiger partial charge >= 0.3 is 10.3 Å². The predicted octanol–water partition coefficient (Wildman–Crippen LogP) is -0.794. The van der Waals surface area contributed by atoms with Crippen LogP contribution in [0.1, 0.15) is 5.56 Å². The Morgan fingerprint density at radius 2 is 2.00 bits per heavy atom. The van der Waals surface area contributed by atoms with Gasteiger partial charge in [-0.25, -0.2) is 5.01 Å². The first-order valence-corrected chi connectivity index (χ1v) is 7.54. The number of hydrazine groups is 1. The number of amides is 2. The van der Waals surface area contributed by atoms with Gasteiger partial charge in [0.05, 0.1) is 6.42 Å². The van der Waals surface area contributed by atoms with E-state index in [1.54, 1.807) is 24.3 Å². The van der Waals surface area contributed by atoms with Crippen LogP contribution in [-0.2, 0) is 26.3 Å². The molecule has 1 fully saturated rings.